The monoisotopic (exact) mass is 330 g/mol. The van der Waals surface area contributed by atoms with Crippen LogP contribution < -0.4 is 4.74 Å². The summed E-state index contributed by atoms with van der Waals surface area (Å²) >= 11 is 4.19. The number of thiophene rings is 1. The summed E-state index contributed by atoms with van der Waals surface area (Å²) in [4.78, 5) is 11.9. The van der Waals surface area contributed by atoms with Gasteiger partial charge in [-0.2, -0.15) is 11.3 Å². The van der Waals surface area contributed by atoms with Gasteiger partial charge in [-0.1, -0.05) is 16.9 Å². The summed E-state index contributed by atoms with van der Waals surface area (Å²) in [7, 11) is 1.38. The first-order chi connectivity index (χ1) is 9.60. The second-order valence-electron chi connectivity index (χ2n) is 4.08. The van der Waals surface area contributed by atoms with E-state index < -0.39 is 5.25 Å². The molecule has 0 aliphatic rings. The van der Waals surface area contributed by atoms with Crippen LogP contribution in [0.4, 0.5) is 0 Å². The number of ether oxygens (including phenoxy) is 2. The average Bonchev–Trinajstić information content (AvgIpc) is 3.05. The SMILES string of the molecule is COC(=O)[C@H](Sc1nnc(OC(C)C)s1)c1ccsc1. The lowest BCUT2D eigenvalue weighted by Gasteiger charge is -2.10. The second-order valence-corrected chi connectivity index (χ2v) is 7.15. The number of thioether (sulfide) groups is 1. The molecule has 0 fully saturated rings. The number of nitrogens with zero attached hydrogens (tertiary/aromatic N) is 2. The molecule has 0 aliphatic carbocycles. The quantitative estimate of drug-likeness (QED) is 0.597. The summed E-state index contributed by atoms with van der Waals surface area (Å²) in [5, 5.41) is 11.9. The highest BCUT2D eigenvalue weighted by Gasteiger charge is 2.25. The Bertz CT molecular complexity index is 554. The minimum absolute atomic E-state index is 0.0501. The van der Waals surface area contributed by atoms with Crippen molar-refractivity contribution in [3.8, 4) is 5.19 Å². The van der Waals surface area contributed by atoms with Crippen molar-refractivity contribution in [3.63, 3.8) is 0 Å². The summed E-state index contributed by atoms with van der Waals surface area (Å²) in [5.74, 6) is -0.296. The van der Waals surface area contributed by atoms with Gasteiger partial charge in [0, 0.05) is 0 Å². The Morgan fingerprint density at radius 3 is 2.80 bits per heavy atom. The van der Waals surface area contributed by atoms with Crippen LogP contribution in [0.2, 0.25) is 0 Å². The van der Waals surface area contributed by atoms with Crippen LogP contribution in [0.3, 0.4) is 0 Å². The second kappa shape index (κ2) is 7.05. The highest BCUT2D eigenvalue weighted by atomic mass is 32.2. The van der Waals surface area contributed by atoms with E-state index in [4.69, 9.17) is 9.47 Å². The zero-order chi connectivity index (χ0) is 14.5. The van der Waals surface area contributed by atoms with Gasteiger partial charge in [-0.05, 0) is 47.6 Å². The fourth-order valence-corrected chi connectivity index (χ4v) is 4.16. The van der Waals surface area contributed by atoms with Crippen molar-refractivity contribution in [1.82, 2.24) is 10.2 Å². The molecule has 0 unspecified atom stereocenters. The van der Waals surface area contributed by atoms with Crippen LogP contribution in [0.15, 0.2) is 21.2 Å². The Kier molecular flexibility index (Phi) is 5.38. The number of methoxy groups -OCH3 is 1. The van der Waals surface area contributed by atoms with E-state index in [-0.39, 0.29) is 12.1 Å². The number of carbonyl (C=O) groups is 1. The molecule has 2 aromatic heterocycles. The van der Waals surface area contributed by atoms with E-state index in [1.54, 1.807) is 11.3 Å². The average molecular weight is 330 g/mol. The Hall–Kier alpha value is -1.12. The Morgan fingerprint density at radius 2 is 2.20 bits per heavy atom. The fourth-order valence-electron chi connectivity index (χ4n) is 1.38. The van der Waals surface area contributed by atoms with Crippen LogP contribution >= 0.6 is 34.4 Å². The number of aromatic nitrogens is 2. The van der Waals surface area contributed by atoms with E-state index >= 15 is 0 Å². The third-order valence-electron chi connectivity index (χ3n) is 2.20. The van der Waals surface area contributed by atoms with E-state index in [1.807, 2.05) is 30.7 Å². The van der Waals surface area contributed by atoms with E-state index in [9.17, 15) is 4.79 Å². The molecule has 0 saturated carbocycles. The van der Waals surface area contributed by atoms with Crippen molar-refractivity contribution in [2.24, 2.45) is 0 Å². The van der Waals surface area contributed by atoms with E-state index in [0.717, 1.165) is 5.56 Å². The zero-order valence-electron chi connectivity index (χ0n) is 11.2. The van der Waals surface area contributed by atoms with Gasteiger partial charge in [-0.15, -0.1) is 5.10 Å². The van der Waals surface area contributed by atoms with Crippen molar-refractivity contribution in [1.29, 1.82) is 0 Å². The van der Waals surface area contributed by atoms with Crippen molar-refractivity contribution in [2.45, 2.75) is 29.5 Å². The molecule has 0 amide bonds. The lowest BCUT2D eigenvalue weighted by Crippen LogP contribution is -2.10. The summed E-state index contributed by atoms with van der Waals surface area (Å²) in [6.07, 6.45) is 0.0501. The molecule has 8 heteroatoms. The normalized spacial score (nSPS) is 12.4. The van der Waals surface area contributed by atoms with Gasteiger partial charge in [0.05, 0.1) is 13.2 Å². The summed E-state index contributed by atoms with van der Waals surface area (Å²) in [6, 6.07) is 1.91. The Labute approximate surface area is 129 Å². The van der Waals surface area contributed by atoms with Gasteiger partial charge in [-0.3, -0.25) is 4.79 Å². The van der Waals surface area contributed by atoms with Crippen molar-refractivity contribution in [3.05, 3.63) is 22.4 Å². The Morgan fingerprint density at radius 1 is 1.40 bits per heavy atom. The molecule has 0 bridgehead atoms. The fraction of sp³-hybridized carbons (Fsp3) is 0.417. The number of esters is 1. The standard InChI is InChI=1S/C12H14N2O3S3/c1-7(2)17-11-13-14-12(20-11)19-9(10(15)16-3)8-4-5-18-6-8/h4-7,9H,1-3H3/t9-/m1/s1. The van der Waals surface area contributed by atoms with Crippen LogP contribution in [-0.4, -0.2) is 29.4 Å². The maximum Gasteiger partial charge on any atom is 0.323 e. The number of hydrogen-bond donors (Lipinski definition) is 0. The lowest BCUT2D eigenvalue weighted by molar-refractivity contribution is -0.140. The third-order valence-corrected chi connectivity index (χ3v) is 5.04. The first kappa shape index (κ1) is 15.3. The molecule has 0 spiro atoms. The van der Waals surface area contributed by atoms with Crippen molar-refractivity contribution in [2.75, 3.05) is 7.11 Å². The van der Waals surface area contributed by atoms with Gasteiger partial charge in [0.2, 0.25) is 0 Å². The van der Waals surface area contributed by atoms with Crippen LogP contribution in [0.1, 0.15) is 24.7 Å². The lowest BCUT2D eigenvalue weighted by atomic mass is 10.2. The minimum Gasteiger partial charge on any atom is -0.468 e. The van der Waals surface area contributed by atoms with Gasteiger partial charge in [0.1, 0.15) is 5.25 Å². The molecule has 5 nitrogen and oxygen atoms in total. The molecule has 20 heavy (non-hydrogen) atoms. The first-order valence-corrected chi connectivity index (χ1v) is 8.50. The van der Waals surface area contributed by atoms with Gasteiger partial charge in [0.15, 0.2) is 4.34 Å². The van der Waals surface area contributed by atoms with E-state index in [1.165, 1.54) is 30.2 Å². The maximum atomic E-state index is 11.9. The minimum atomic E-state index is -0.425. The predicted octanol–water partition coefficient (Wildman–Crippen LogP) is 3.39. The summed E-state index contributed by atoms with van der Waals surface area (Å²) < 4.78 is 11.0. The predicted molar refractivity (Wildman–Crippen MR) is 80.6 cm³/mol. The molecule has 2 heterocycles. The molecular weight excluding hydrogens is 316 g/mol. The topological polar surface area (TPSA) is 61.3 Å². The van der Waals surface area contributed by atoms with Crippen LogP contribution in [-0.2, 0) is 9.53 Å². The number of rotatable bonds is 6. The summed E-state index contributed by atoms with van der Waals surface area (Å²) in [5.41, 5.74) is 0.911. The molecule has 0 aromatic carbocycles. The molecule has 108 valence electrons. The third kappa shape index (κ3) is 3.94. The molecule has 0 N–H and O–H groups in total. The summed E-state index contributed by atoms with van der Waals surface area (Å²) in [6.45, 7) is 3.85. The van der Waals surface area contributed by atoms with Crippen LogP contribution in [0, 0.1) is 0 Å². The largest absolute Gasteiger partial charge is 0.468 e. The van der Waals surface area contributed by atoms with Crippen molar-refractivity contribution >= 4 is 40.4 Å². The first-order valence-electron chi connectivity index (χ1n) is 5.87. The number of carbonyl (C=O) groups excluding carboxylic acids is 1. The Balaban J connectivity index is 2.12. The van der Waals surface area contributed by atoms with Gasteiger partial charge in [-0.25, -0.2) is 0 Å². The zero-order valence-corrected chi connectivity index (χ0v) is 13.7. The van der Waals surface area contributed by atoms with Gasteiger partial charge in [0.25, 0.3) is 5.19 Å². The highest BCUT2D eigenvalue weighted by molar-refractivity contribution is 8.01. The molecule has 1 atom stereocenters. The van der Waals surface area contributed by atoms with Gasteiger partial charge < -0.3 is 9.47 Å². The molecule has 2 aromatic rings. The number of hydrogen-bond acceptors (Lipinski definition) is 8. The molecule has 0 radical (unpaired) electrons. The van der Waals surface area contributed by atoms with Crippen LogP contribution in [0.25, 0.3) is 0 Å². The van der Waals surface area contributed by atoms with Gasteiger partial charge >= 0.3 is 5.97 Å². The molecule has 0 saturated heterocycles. The highest BCUT2D eigenvalue weighted by Crippen LogP contribution is 2.39. The van der Waals surface area contributed by atoms with Crippen LogP contribution in [0.5, 0.6) is 5.19 Å². The maximum absolute atomic E-state index is 11.9. The molecule has 2 rings (SSSR count). The molecule has 0 aliphatic heterocycles. The molecular formula is C12H14N2O3S3. The smallest absolute Gasteiger partial charge is 0.323 e. The van der Waals surface area contributed by atoms with E-state index in [0.29, 0.717) is 9.53 Å². The van der Waals surface area contributed by atoms with E-state index in [2.05, 4.69) is 10.2 Å². The van der Waals surface area contributed by atoms with Crippen molar-refractivity contribution < 1.29 is 14.3 Å².